The first-order valence-electron chi connectivity index (χ1n) is 13.7. The maximum absolute atomic E-state index is 15.0. The highest BCUT2D eigenvalue weighted by molar-refractivity contribution is 7.88. The third-order valence-electron chi connectivity index (χ3n) is 7.96. The number of nitrogens with two attached hydrogens (primary N) is 1. The number of ether oxygens (including phenoxy) is 1. The average molecular weight is 573 g/mol. The molecule has 1 aromatic carbocycles. The van der Waals surface area contributed by atoms with E-state index in [2.05, 4.69) is 14.9 Å². The zero-order chi connectivity index (χ0) is 28.4. The Bertz CT molecular complexity index is 1460. The maximum atomic E-state index is 15.0. The molecule has 3 aromatic rings. The molecule has 2 fully saturated rings. The fourth-order valence-corrected chi connectivity index (χ4v) is 6.53. The molecule has 0 spiro atoms. The Morgan fingerprint density at radius 1 is 1.15 bits per heavy atom. The number of nitrogens with one attached hydrogen (secondary N) is 1. The summed E-state index contributed by atoms with van der Waals surface area (Å²) in [6.07, 6.45) is 6.64. The number of benzene rings is 1. The summed E-state index contributed by atoms with van der Waals surface area (Å²) in [5.41, 5.74) is 8.52. The van der Waals surface area contributed by atoms with Crippen LogP contribution in [0.2, 0.25) is 0 Å². The quantitative estimate of drug-likeness (QED) is 0.425. The minimum Gasteiger partial charge on any atom is -0.453 e. The van der Waals surface area contributed by atoms with Crippen LogP contribution in [0.25, 0.3) is 11.0 Å². The van der Waals surface area contributed by atoms with E-state index in [-0.39, 0.29) is 18.1 Å². The van der Waals surface area contributed by atoms with Crippen LogP contribution in [0.5, 0.6) is 11.5 Å². The zero-order valence-electron chi connectivity index (χ0n) is 23.0. The van der Waals surface area contributed by atoms with Gasteiger partial charge in [0.25, 0.3) is 0 Å². The van der Waals surface area contributed by atoms with Crippen LogP contribution in [-0.4, -0.2) is 96.5 Å². The number of aryl methyl sites for hydroxylation is 1. The molecule has 2 aromatic heterocycles. The summed E-state index contributed by atoms with van der Waals surface area (Å²) in [6.45, 7) is 6.69. The van der Waals surface area contributed by atoms with Crippen molar-refractivity contribution in [1.82, 2.24) is 24.1 Å². The van der Waals surface area contributed by atoms with Gasteiger partial charge in [0, 0.05) is 58.2 Å². The molecule has 0 bridgehead atoms. The number of amides is 1. The van der Waals surface area contributed by atoms with Gasteiger partial charge in [0.05, 0.1) is 17.7 Å². The molecule has 0 saturated carbocycles. The van der Waals surface area contributed by atoms with Crippen molar-refractivity contribution in [2.45, 2.75) is 32.2 Å². The number of piperidine rings is 1. The molecule has 1 amide bonds. The molecule has 0 aliphatic carbocycles. The summed E-state index contributed by atoms with van der Waals surface area (Å²) in [5, 5.41) is 0.802. The van der Waals surface area contributed by atoms with Crippen molar-refractivity contribution < 1.29 is 22.3 Å². The molecule has 1 atom stereocenters. The van der Waals surface area contributed by atoms with Gasteiger partial charge in [-0.15, -0.1) is 0 Å². The Balaban J connectivity index is 1.11. The SMILES string of the molecule is Cc1c[nH]c2nccc(Oc3ccc(C[C@H](N)C(=O)N4CCN(CC5CCN(S(C)(=O)=O)CC5)CC4)cc3F)c12. The number of carbonyl (C=O) groups is 1. The molecule has 216 valence electrons. The summed E-state index contributed by atoms with van der Waals surface area (Å²) in [6, 6.07) is 5.61. The lowest BCUT2D eigenvalue weighted by molar-refractivity contribution is -0.134. The highest BCUT2D eigenvalue weighted by Gasteiger charge is 2.29. The van der Waals surface area contributed by atoms with E-state index in [4.69, 9.17) is 10.5 Å². The van der Waals surface area contributed by atoms with E-state index in [0.29, 0.717) is 49.1 Å². The molecule has 10 nitrogen and oxygen atoms in total. The number of sulfonamides is 1. The van der Waals surface area contributed by atoms with E-state index in [1.165, 1.54) is 12.3 Å². The van der Waals surface area contributed by atoms with Gasteiger partial charge in [0.15, 0.2) is 11.6 Å². The van der Waals surface area contributed by atoms with Crippen molar-refractivity contribution in [3.05, 3.63) is 53.6 Å². The highest BCUT2D eigenvalue weighted by Crippen LogP contribution is 2.32. The number of rotatable bonds is 8. The van der Waals surface area contributed by atoms with Gasteiger partial charge in [0.1, 0.15) is 11.4 Å². The monoisotopic (exact) mass is 572 g/mol. The standard InChI is InChI=1S/C28H37FN6O4S/c1-19-17-32-27-26(19)25(5-8-31-27)39-24-4-3-21(15-22(24)29)16-23(30)28(36)34-13-11-33(12-14-34)18-20-6-9-35(10-7-20)40(2,37)38/h3-5,8,15,17,20,23H,6-7,9-14,16,18,30H2,1-2H3,(H,31,32)/t23-/m0/s1. The van der Waals surface area contributed by atoms with Crippen LogP contribution in [0.15, 0.2) is 36.7 Å². The molecule has 4 heterocycles. The first-order chi connectivity index (χ1) is 19.1. The van der Waals surface area contributed by atoms with E-state index < -0.39 is 21.9 Å². The minimum absolute atomic E-state index is 0.0925. The number of carbonyl (C=O) groups excluding carboxylic acids is 1. The third kappa shape index (κ3) is 6.46. The topological polar surface area (TPSA) is 125 Å². The maximum Gasteiger partial charge on any atom is 0.239 e. The lowest BCUT2D eigenvalue weighted by Gasteiger charge is -2.39. The molecule has 40 heavy (non-hydrogen) atoms. The van der Waals surface area contributed by atoms with E-state index in [9.17, 15) is 17.6 Å². The predicted octanol–water partition coefficient (Wildman–Crippen LogP) is 2.49. The van der Waals surface area contributed by atoms with Crippen LogP contribution in [0, 0.1) is 18.7 Å². The van der Waals surface area contributed by atoms with Crippen LogP contribution >= 0.6 is 0 Å². The molecule has 0 radical (unpaired) electrons. The van der Waals surface area contributed by atoms with Gasteiger partial charge in [-0.2, -0.15) is 0 Å². The summed E-state index contributed by atoms with van der Waals surface area (Å²) in [7, 11) is -3.12. The molecule has 2 aliphatic heterocycles. The fraction of sp³-hybridized carbons (Fsp3) is 0.500. The summed E-state index contributed by atoms with van der Waals surface area (Å²) in [4.78, 5) is 24.5. The number of hydrogen-bond acceptors (Lipinski definition) is 7. The molecule has 3 N–H and O–H groups in total. The summed E-state index contributed by atoms with van der Waals surface area (Å²) < 4.78 is 45.9. The third-order valence-corrected chi connectivity index (χ3v) is 9.27. The number of hydrogen-bond donors (Lipinski definition) is 2. The van der Waals surface area contributed by atoms with E-state index >= 15 is 0 Å². The molecule has 12 heteroatoms. The van der Waals surface area contributed by atoms with Crippen molar-refractivity contribution in [2.24, 2.45) is 11.7 Å². The Hall–Kier alpha value is -3.06. The lowest BCUT2D eigenvalue weighted by atomic mass is 9.97. The largest absolute Gasteiger partial charge is 0.453 e. The van der Waals surface area contributed by atoms with Gasteiger partial charge >= 0.3 is 0 Å². The second kappa shape index (κ2) is 11.8. The highest BCUT2D eigenvalue weighted by atomic mass is 32.2. The zero-order valence-corrected chi connectivity index (χ0v) is 23.8. The van der Waals surface area contributed by atoms with Gasteiger partial charge in [0.2, 0.25) is 15.9 Å². The van der Waals surface area contributed by atoms with Crippen molar-refractivity contribution >= 4 is 27.0 Å². The van der Waals surface area contributed by atoms with E-state index in [1.807, 2.05) is 13.1 Å². The van der Waals surface area contributed by atoms with Gasteiger partial charge in [-0.3, -0.25) is 9.69 Å². The van der Waals surface area contributed by atoms with Crippen LogP contribution in [0.3, 0.4) is 0 Å². The van der Waals surface area contributed by atoms with Gasteiger partial charge in [-0.1, -0.05) is 6.07 Å². The van der Waals surface area contributed by atoms with Crippen molar-refractivity contribution in [1.29, 1.82) is 0 Å². The summed E-state index contributed by atoms with van der Waals surface area (Å²) in [5.74, 6) is 0.409. The number of aromatic nitrogens is 2. The fourth-order valence-electron chi connectivity index (χ4n) is 5.66. The Kier molecular flexibility index (Phi) is 8.41. The van der Waals surface area contributed by atoms with Gasteiger partial charge in [-0.05, 0) is 61.4 Å². The molecule has 5 rings (SSSR count). The molecule has 2 aliphatic rings. The van der Waals surface area contributed by atoms with Crippen molar-refractivity contribution in [3.8, 4) is 11.5 Å². The molecule has 2 saturated heterocycles. The number of aromatic amines is 1. The van der Waals surface area contributed by atoms with Crippen LogP contribution in [0.4, 0.5) is 4.39 Å². The second-order valence-electron chi connectivity index (χ2n) is 10.9. The van der Waals surface area contributed by atoms with Crippen LogP contribution in [-0.2, 0) is 21.2 Å². The Morgan fingerprint density at radius 3 is 2.55 bits per heavy atom. The lowest BCUT2D eigenvalue weighted by Crippen LogP contribution is -2.54. The second-order valence-corrected chi connectivity index (χ2v) is 12.9. The number of pyridine rings is 1. The number of halogens is 1. The number of fused-ring (bicyclic) bond motifs is 1. The van der Waals surface area contributed by atoms with Crippen LogP contribution in [0.1, 0.15) is 24.0 Å². The minimum atomic E-state index is -3.12. The van der Waals surface area contributed by atoms with Gasteiger partial charge < -0.3 is 20.4 Å². The molecular formula is C28H37FN6O4S. The Labute approximate surface area is 234 Å². The molecule has 0 unspecified atom stereocenters. The van der Waals surface area contributed by atoms with Crippen molar-refractivity contribution in [2.75, 3.05) is 52.1 Å². The number of nitrogens with zero attached hydrogens (tertiary/aromatic N) is 4. The van der Waals surface area contributed by atoms with Crippen molar-refractivity contribution in [3.63, 3.8) is 0 Å². The first kappa shape index (κ1) is 28.5. The predicted molar refractivity (Wildman–Crippen MR) is 151 cm³/mol. The number of piperazine rings is 1. The van der Waals surface area contributed by atoms with E-state index in [1.54, 1.807) is 33.6 Å². The van der Waals surface area contributed by atoms with E-state index in [0.717, 1.165) is 43.4 Å². The average Bonchev–Trinajstić information content (AvgIpc) is 3.31. The molecular weight excluding hydrogens is 535 g/mol. The summed E-state index contributed by atoms with van der Waals surface area (Å²) >= 11 is 0. The Morgan fingerprint density at radius 2 is 1.88 bits per heavy atom. The smallest absolute Gasteiger partial charge is 0.239 e. The number of H-pyrrole nitrogens is 1. The van der Waals surface area contributed by atoms with Crippen LogP contribution < -0.4 is 10.5 Å². The first-order valence-corrected chi connectivity index (χ1v) is 15.5. The van der Waals surface area contributed by atoms with Gasteiger partial charge in [-0.25, -0.2) is 22.1 Å². The normalized spacial score (nSPS) is 18.8.